The standard InChI is InChI=1S/C12H17N5OS/c1-3-8-5-10(4-2)17(16-8)6-9-7-19-12(14-9)11(18)15-13/h5,7H,3-4,6,13H2,1-2H3,(H,15,18). The topological polar surface area (TPSA) is 85.8 Å². The molecule has 2 aromatic rings. The molecule has 0 aliphatic rings. The fourth-order valence-electron chi connectivity index (χ4n) is 1.81. The Hall–Kier alpha value is -1.73. The molecule has 2 aromatic heterocycles. The Morgan fingerprint density at radius 3 is 2.84 bits per heavy atom. The number of hydrogen-bond donors (Lipinski definition) is 2. The highest BCUT2D eigenvalue weighted by molar-refractivity contribution is 7.11. The van der Waals surface area contributed by atoms with Crippen molar-refractivity contribution in [1.29, 1.82) is 0 Å². The second-order valence-electron chi connectivity index (χ2n) is 4.11. The Morgan fingerprint density at radius 2 is 2.21 bits per heavy atom. The van der Waals surface area contributed by atoms with E-state index in [1.54, 1.807) is 0 Å². The molecule has 7 heteroatoms. The number of amides is 1. The number of rotatable bonds is 5. The van der Waals surface area contributed by atoms with E-state index in [9.17, 15) is 4.79 Å². The van der Waals surface area contributed by atoms with E-state index in [-0.39, 0.29) is 5.91 Å². The number of aryl methyl sites for hydroxylation is 2. The van der Waals surface area contributed by atoms with Crippen molar-refractivity contribution in [3.05, 3.63) is 33.5 Å². The lowest BCUT2D eigenvalue weighted by Gasteiger charge is -2.02. The van der Waals surface area contributed by atoms with Crippen molar-refractivity contribution in [1.82, 2.24) is 20.2 Å². The summed E-state index contributed by atoms with van der Waals surface area (Å²) in [6, 6.07) is 2.11. The summed E-state index contributed by atoms with van der Waals surface area (Å²) in [6.45, 7) is 4.76. The second kappa shape index (κ2) is 5.94. The van der Waals surface area contributed by atoms with E-state index in [1.165, 1.54) is 17.0 Å². The van der Waals surface area contributed by atoms with Crippen LogP contribution >= 0.6 is 11.3 Å². The minimum Gasteiger partial charge on any atom is -0.288 e. The van der Waals surface area contributed by atoms with Gasteiger partial charge in [-0.25, -0.2) is 10.8 Å². The van der Waals surface area contributed by atoms with Gasteiger partial charge in [0, 0.05) is 11.1 Å². The van der Waals surface area contributed by atoms with Gasteiger partial charge in [0.15, 0.2) is 5.01 Å². The van der Waals surface area contributed by atoms with Gasteiger partial charge in [0.1, 0.15) is 0 Å². The molecule has 2 rings (SSSR count). The highest BCUT2D eigenvalue weighted by Gasteiger charge is 2.11. The van der Waals surface area contributed by atoms with Crippen molar-refractivity contribution < 1.29 is 4.79 Å². The summed E-state index contributed by atoms with van der Waals surface area (Å²) in [6.07, 6.45) is 1.84. The molecule has 0 unspecified atom stereocenters. The third kappa shape index (κ3) is 2.99. The lowest BCUT2D eigenvalue weighted by atomic mass is 10.2. The summed E-state index contributed by atoms with van der Waals surface area (Å²) in [5.41, 5.74) is 5.16. The second-order valence-corrected chi connectivity index (χ2v) is 4.97. The number of aromatic nitrogens is 3. The Bertz CT molecular complexity index is 574. The molecule has 6 nitrogen and oxygen atoms in total. The van der Waals surface area contributed by atoms with Gasteiger partial charge in [0.05, 0.1) is 17.9 Å². The molecule has 0 saturated heterocycles. The van der Waals surface area contributed by atoms with Crippen molar-refractivity contribution in [3.63, 3.8) is 0 Å². The maximum absolute atomic E-state index is 11.3. The minimum atomic E-state index is -0.360. The van der Waals surface area contributed by atoms with E-state index in [2.05, 4.69) is 35.4 Å². The normalized spacial score (nSPS) is 10.7. The Balaban J connectivity index is 2.18. The molecule has 2 heterocycles. The molecule has 0 aromatic carbocycles. The van der Waals surface area contributed by atoms with Gasteiger partial charge in [-0.1, -0.05) is 13.8 Å². The van der Waals surface area contributed by atoms with Crippen LogP contribution < -0.4 is 11.3 Å². The zero-order valence-corrected chi connectivity index (χ0v) is 11.8. The Kier molecular flexibility index (Phi) is 4.28. The fourth-order valence-corrected chi connectivity index (χ4v) is 2.52. The molecule has 0 fully saturated rings. The SMILES string of the molecule is CCc1cc(CC)n(Cc2csc(C(=O)NN)n2)n1. The molecule has 0 saturated carbocycles. The Labute approximate surface area is 115 Å². The molecule has 102 valence electrons. The van der Waals surface area contributed by atoms with Crippen LogP contribution in [0.2, 0.25) is 0 Å². The maximum atomic E-state index is 11.3. The number of nitrogen functional groups attached to an aromatic ring is 1. The number of nitrogens with zero attached hydrogens (tertiary/aromatic N) is 3. The first kappa shape index (κ1) is 13.7. The van der Waals surface area contributed by atoms with Crippen molar-refractivity contribution in [2.75, 3.05) is 0 Å². The van der Waals surface area contributed by atoms with Crippen LogP contribution in [-0.4, -0.2) is 20.7 Å². The third-order valence-electron chi connectivity index (χ3n) is 2.83. The number of nitrogens with one attached hydrogen (secondary N) is 1. The molecule has 0 radical (unpaired) electrons. The van der Waals surface area contributed by atoms with E-state index < -0.39 is 0 Å². The molecule has 0 aliphatic heterocycles. The van der Waals surface area contributed by atoms with Gasteiger partial charge >= 0.3 is 0 Å². The average Bonchev–Trinajstić information content (AvgIpc) is 3.05. The predicted octanol–water partition coefficient (Wildman–Crippen LogP) is 1.12. The van der Waals surface area contributed by atoms with Gasteiger partial charge in [-0.15, -0.1) is 11.3 Å². The highest BCUT2D eigenvalue weighted by Crippen LogP contribution is 2.13. The van der Waals surface area contributed by atoms with Gasteiger partial charge in [-0.3, -0.25) is 14.9 Å². The number of hydrazine groups is 1. The number of carbonyl (C=O) groups excluding carboxylic acids is 1. The molecule has 0 spiro atoms. The van der Waals surface area contributed by atoms with E-state index >= 15 is 0 Å². The van der Waals surface area contributed by atoms with Gasteiger partial charge in [-0.2, -0.15) is 5.10 Å². The van der Waals surface area contributed by atoms with Crippen molar-refractivity contribution in [2.24, 2.45) is 5.84 Å². The number of nitrogens with two attached hydrogens (primary N) is 1. The van der Waals surface area contributed by atoms with Crippen LogP contribution in [-0.2, 0) is 19.4 Å². The van der Waals surface area contributed by atoms with E-state index in [0.29, 0.717) is 11.6 Å². The first-order chi connectivity index (χ1) is 9.17. The maximum Gasteiger partial charge on any atom is 0.294 e. The quantitative estimate of drug-likeness (QED) is 0.488. The highest BCUT2D eigenvalue weighted by atomic mass is 32.1. The van der Waals surface area contributed by atoms with Gasteiger partial charge in [0.25, 0.3) is 5.91 Å². The predicted molar refractivity (Wildman–Crippen MR) is 73.9 cm³/mol. The average molecular weight is 279 g/mol. The largest absolute Gasteiger partial charge is 0.294 e. The molecular formula is C12H17N5OS. The van der Waals surface area contributed by atoms with Crippen molar-refractivity contribution >= 4 is 17.2 Å². The van der Waals surface area contributed by atoms with Gasteiger partial charge < -0.3 is 0 Å². The zero-order valence-electron chi connectivity index (χ0n) is 11.0. The van der Waals surface area contributed by atoms with Crippen LogP contribution in [0.25, 0.3) is 0 Å². The van der Waals surface area contributed by atoms with E-state index in [0.717, 1.165) is 24.2 Å². The molecule has 3 N–H and O–H groups in total. The molecule has 0 aliphatic carbocycles. The molecule has 1 amide bonds. The molecule has 19 heavy (non-hydrogen) atoms. The minimum absolute atomic E-state index is 0.360. The van der Waals surface area contributed by atoms with Crippen LogP contribution in [0.4, 0.5) is 0 Å². The smallest absolute Gasteiger partial charge is 0.288 e. The first-order valence-corrected chi connectivity index (χ1v) is 7.06. The lowest BCUT2D eigenvalue weighted by molar-refractivity contribution is 0.0953. The first-order valence-electron chi connectivity index (χ1n) is 6.18. The van der Waals surface area contributed by atoms with Gasteiger partial charge in [-0.05, 0) is 18.9 Å². The summed E-state index contributed by atoms with van der Waals surface area (Å²) < 4.78 is 1.94. The summed E-state index contributed by atoms with van der Waals surface area (Å²) in [4.78, 5) is 15.6. The number of thiazole rings is 1. The summed E-state index contributed by atoms with van der Waals surface area (Å²) >= 11 is 1.28. The van der Waals surface area contributed by atoms with Crippen LogP contribution in [0, 0.1) is 0 Å². The van der Waals surface area contributed by atoms with Crippen molar-refractivity contribution in [3.8, 4) is 0 Å². The lowest BCUT2D eigenvalue weighted by Crippen LogP contribution is -2.29. The zero-order chi connectivity index (χ0) is 13.8. The number of hydrogen-bond acceptors (Lipinski definition) is 5. The molecule has 0 bridgehead atoms. The number of carbonyl (C=O) groups is 1. The summed E-state index contributed by atoms with van der Waals surface area (Å²) in [7, 11) is 0. The Morgan fingerprint density at radius 1 is 1.42 bits per heavy atom. The third-order valence-corrected chi connectivity index (χ3v) is 3.72. The van der Waals surface area contributed by atoms with E-state index in [4.69, 9.17) is 5.84 Å². The van der Waals surface area contributed by atoms with Crippen LogP contribution in [0.5, 0.6) is 0 Å². The molecule has 0 atom stereocenters. The van der Waals surface area contributed by atoms with Crippen molar-refractivity contribution in [2.45, 2.75) is 33.2 Å². The molecular weight excluding hydrogens is 262 g/mol. The van der Waals surface area contributed by atoms with Crippen LogP contribution in [0.1, 0.15) is 40.7 Å². The van der Waals surface area contributed by atoms with Crippen LogP contribution in [0.15, 0.2) is 11.4 Å². The van der Waals surface area contributed by atoms with E-state index in [1.807, 2.05) is 10.1 Å². The van der Waals surface area contributed by atoms with Crippen LogP contribution in [0.3, 0.4) is 0 Å². The summed E-state index contributed by atoms with van der Waals surface area (Å²) in [5.74, 6) is 4.72. The monoisotopic (exact) mass is 279 g/mol. The van der Waals surface area contributed by atoms with Gasteiger partial charge in [0.2, 0.25) is 0 Å². The summed E-state index contributed by atoms with van der Waals surface area (Å²) in [5, 5.41) is 6.76. The fraction of sp³-hybridized carbons (Fsp3) is 0.417.